The monoisotopic (exact) mass is 708 g/mol. The number of amides is 1. The minimum Gasteiger partial charge on any atom is -0.493 e. The lowest BCUT2D eigenvalue weighted by atomic mass is 9.84. The molecule has 3 aromatic rings. The van der Waals surface area contributed by atoms with E-state index in [1.54, 1.807) is 11.4 Å². The second-order valence-corrected chi connectivity index (χ2v) is 16.5. The van der Waals surface area contributed by atoms with Gasteiger partial charge in [-0.2, -0.15) is 4.31 Å². The number of fused-ring (bicyclic) bond motifs is 1. The third kappa shape index (κ3) is 8.03. The zero-order valence-electron chi connectivity index (χ0n) is 29.3. The van der Waals surface area contributed by atoms with Gasteiger partial charge in [0, 0.05) is 62.2 Å². The van der Waals surface area contributed by atoms with Crippen LogP contribution in [0, 0.1) is 5.92 Å². The largest absolute Gasteiger partial charge is 0.493 e. The number of hydrogen-bond donors (Lipinski definition) is 0. The number of rotatable bonds is 10. The van der Waals surface area contributed by atoms with Gasteiger partial charge in [-0.15, -0.1) is 0 Å². The number of methoxy groups -OCH3 is 1. The minimum absolute atomic E-state index is 0.0163. The van der Waals surface area contributed by atoms with Crippen molar-refractivity contribution in [1.82, 2.24) is 9.21 Å². The molecule has 2 aliphatic heterocycles. The molecule has 1 saturated heterocycles. The van der Waals surface area contributed by atoms with E-state index in [2.05, 4.69) is 41.1 Å². The molecule has 0 spiro atoms. The molecule has 1 aliphatic carbocycles. The van der Waals surface area contributed by atoms with Crippen LogP contribution in [0.25, 0.3) is 0 Å². The van der Waals surface area contributed by atoms with Crippen LogP contribution in [-0.2, 0) is 21.2 Å². The van der Waals surface area contributed by atoms with Crippen molar-refractivity contribution in [2.24, 2.45) is 5.92 Å². The van der Waals surface area contributed by atoms with E-state index in [1.165, 1.54) is 6.26 Å². The molecule has 1 saturated carbocycles. The van der Waals surface area contributed by atoms with Crippen LogP contribution in [-0.4, -0.2) is 88.8 Å². The smallest absolute Gasteiger partial charge is 0.232 e. The predicted octanol–water partition coefficient (Wildman–Crippen LogP) is 6.39. The van der Waals surface area contributed by atoms with Gasteiger partial charge in [0.05, 0.1) is 31.9 Å². The first kappa shape index (κ1) is 35.5. The highest BCUT2D eigenvalue weighted by molar-refractivity contribution is 7.88. The fraction of sp³-hybridized carbons (Fsp3) is 0.500. The number of sulfonamides is 1. The lowest BCUT2D eigenvalue weighted by molar-refractivity contribution is -0.118. The number of hydrogen-bond acceptors (Lipinski definition) is 7. The number of carbonyl (C=O) groups is 1. The summed E-state index contributed by atoms with van der Waals surface area (Å²) in [6.07, 6.45) is 6.16. The van der Waals surface area contributed by atoms with Crippen LogP contribution in [0.5, 0.6) is 11.5 Å². The van der Waals surface area contributed by atoms with Crippen molar-refractivity contribution in [2.75, 3.05) is 62.9 Å². The summed E-state index contributed by atoms with van der Waals surface area (Å²) in [6.45, 7) is 7.77. The Balaban J connectivity index is 1.16. The molecule has 2 fully saturated rings. The van der Waals surface area contributed by atoms with Crippen molar-refractivity contribution in [1.29, 1.82) is 0 Å². The Bertz CT molecular complexity index is 1720. The van der Waals surface area contributed by atoms with Gasteiger partial charge in [-0.3, -0.25) is 9.69 Å². The molecule has 3 aromatic carbocycles. The maximum absolute atomic E-state index is 13.9. The molecular weight excluding hydrogens is 660 g/mol. The third-order valence-electron chi connectivity index (χ3n) is 10.3. The standard InChI is InChI=1S/C38H49ClN4O5S/c1-26(2)48-36-24-34-29(22-35(36)47-4)23-37(44)43(38(34)28-8-10-30(39)11-9-28)33-16-14-31(15-17-33)40(3)25-27-6-12-32(13-7-27)41-18-20-42(21-19-41)49(5,45)46/h8-11,14-17,22,24,26-27,32,38H,6-7,12-13,18-21,23,25H2,1-5H3/t27?,32?,38-/m0/s1. The molecule has 264 valence electrons. The van der Waals surface area contributed by atoms with Gasteiger partial charge in [0.1, 0.15) is 0 Å². The molecular formula is C38H49ClN4O5S. The van der Waals surface area contributed by atoms with Gasteiger partial charge in [-0.05, 0) is 111 Å². The summed E-state index contributed by atoms with van der Waals surface area (Å²) >= 11 is 6.29. The Morgan fingerprint density at radius 1 is 0.918 bits per heavy atom. The van der Waals surface area contributed by atoms with Crippen LogP contribution in [0.3, 0.4) is 0 Å². The number of halogens is 1. The van der Waals surface area contributed by atoms with Crippen LogP contribution in [0.4, 0.5) is 11.4 Å². The molecule has 0 aromatic heterocycles. The lowest BCUT2D eigenvalue weighted by Gasteiger charge is -2.42. The maximum atomic E-state index is 13.9. The van der Waals surface area contributed by atoms with Gasteiger partial charge in [0.2, 0.25) is 15.9 Å². The molecule has 1 amide bonds. The van der Waals surface area contributed by atoms with E-state index in [-0.39, 0.29) is 24.5 Å². The van der Waals surface area contributed by atoms with Crippen molar-refractivity contribution in [3.8, 4) is 11.5 Å². The Morgan fingerprint density at radius 2 is 1.57 bits per heavy atom. The molecule has 0 N–H and O–H groups in total. The molecule has 0 radical (unpaired) electrons. The molecule has 0 bridgehead atoms. The highest BCUT2D eigenvalue weighted by atomic mass is 35.5. The normalized spacial score (nSPS) is 22.2. The van der Waals surface area contributed by atoms with Gasteiger partial charge in [-0.25, -0.2) is 8.42 Å². The van der Waals surface area contributed by atoms with Crippen molar-refractivity contribution in [3.63, 3.8) is 0 Å². The van der Waals surface area contributed by atoms with Crippen LogP contribution in [0.15, 0.2) is 60.7 Å². The highest BCUT2D eigenvalue weighted by Crippen LogP contribution is 2.44. The number of ether oxygens (including phenoxy) is 2. The fourth-order valence-corrected chi connectivity index (χ4v) is 8.73. The summed E-state index contributed by atoms with van der Waals surface area (Å²) in [4.78, 5) is 20.7. The number of benzene rings is 3. The zero-order chi connectivity index (χ0) is 34.9. The second-order valence-electron chi connectivity index (χ2n) is 14.0. The molecule has 3 aliphatic rings. The number of piperazine rings is 1. The third-order valence-corrected chi connectivity index (χ3v) is 11.9. The van der Waals surface area contributed by atoms with E-state index in [1.807, 2.05) is 55.1 Å². The minimum atomic E-state index is -3.11. The zero-order valence-corrected chi connectivity index (χ0v) is 30.8. The molecule has 1 atom stereocenters. The summed E-state index contributed by atoms with van der Waals surface area (Å²) in [7, 11) is 0.662. The molecule has 11 heteroatoms. The van der Waals surface area contributed by atoms with Crippen LogP contribution >= 0.6 is 11.6 Å². The Hall–Kier alpha value is -3.31. The molecule has 6 rings (SSSR count). The molecule has 9 nitrogen and oxygen atoms in total. The lowest BCUT2D eigenvalue weighted by Crippen LogP contribution is -2.52. The van der Waals surface area contributed by atoms with Crippen LogP contribution in [0.2, 0.25) is 5.02 Å². The van der Waals surface area contributed by atoms with Crippen LogP contribution < -0.4 is 19.3 Å². The van der Waals surface area contributed by atoms with Gasteiger partial charge in [-0.1, -0.05) is 23.7 Å². The maximum Gasteiger partial charge on any atom is 0.232 e. The van der Waals surface area contributed by atoms with Gasteiger partial charge in [0.15, 0.2) is 11.5 Å². The average Bonchev–Trinajstić information content (AvgIpc) is 3.08. The summed E-state index contributed by atoms with van der Waals surface area (Å²) in [6, 6.07) is 20.2. The predicted molar refractivity (Wildman–Crippen MR) is 197 cm³/mol. The molecule has 0 unspecified atom stereocenters. The van der Waals surface area contributed by atoms with Crippen molar-refractivity contribution < 1.29 is 22.7 Å². The van der Waals surface area contributed by atoms with Crippen molar-refractivity contribution in [2.45, 2.75) is 64.1 Å². The summed E-state index contributed by atoms with van der Waals surface area (Å²) in [5.41, 5.74) is 4.86. The summed E-state index contributed by atoms with van der Waals surface area (Å²) in [5.74, 6) is 1.90. The fourth-order valence-electron chi connectivity index (χ4n) is 7.78. The Morgan fingerprint density at radius 3 is 2.16 bits per heavy atom. The molecule has 49 heavy (non-hydrogen) atoms. The summed E-state index contributed by atoms with van der Waals surface area (Å²) in [5, 5.41) is 0.643. The van der Waals surface area contributed by atoms with E-state index < -0.39 is 10.0 Å². The van der Waals surface area contributed by atoms with E-state index >= 15 is 0 Å². The first-order chi connectivity index (χ1) is 23.4. The van der Waals surface area contributed by atoms with E-state index in [9.17, 15) is 13.2 Å². The number of carbonyl (C=O) groups excluding carboxylic acids is 1. The second kappa shape index (κ2) is 14.9. The highest BCUT2D eigenvalue weighted by Gasteiger charge is 2.36. The molecule has 2 heterocycles. The van der Waals surface area contributed by atoms with E-state index in [0.717, 1.165) is 73.4 Å². The number of anilines is 2. The van der Waals surface area contributed by atoms with Gasteiger partial charge < -0.3 is 19.3 Å². The van der Waals surface area contributed by atoms with E-state index in [0.29, 0.717) is 41.6 Å². The SMILES string of the molecule is COc1cc2c(cc1OC(C)C)[C@H](c1ccc(Cl)cc1)N(c1ccc(N(C)CC3CCC(N4CCN(S(C)(=O)=O)CC4)CC3)cc1)C(=O)C2. The van der Waals surface area contributed by atoms with Crippen molar-refractivity contribution in [3.05, 3.63) is 82.4 Å². The van der Waals surface area contributed by atoms with Crippen molar-refractivity contribution >= 4 is 38.9 Å². The van der Waals surface area contributed by atoms with Gasteiger partial charge >= 0.3 is 0 Å². The summed E-state index contributed by atoms with van der Waals surface area (Å²) < 4.78 is 37.2. The first-order valence-corrected chi connectivity index (χ1v) is 19.6. The topological polar surface area (TPSA) is 82.6 Å². The Labute approximate surface area is 296 Å². The van der Waals surface area contributed by atoms with Crippen LogP contribution in [0.1, 0.15) is 62.3 Å². The van der Waals surface area contributed by atoms with E-state index in [4.69, 9.17) is 21.1 Å². The first-order valence-electron chi connectivity index (χ1n) is 17.4. The number of nitrogens with zero attached hydrogens (tertiary/aromatic N) is 4. The van der Waals surface area contributed by atoms with Gasteiger partial charge in [0.25, 0.3) is 0 Å². The average molecular weight is 709 g/mol. The quantitative estimate of drug-likeness (QED) is 0.242. The Kier molecular flexibility index (Phi) is 10.8.